The number of piperidine rings is 1. The lowest BCUT2D eigenvalue weighted by atomic mass is 10.2. The number of nitrogens with one attached hydrogen (secondary N) is 1. The van der Waals surface area contributed by atoms with Crippen molar-refractivity contribution in [3.63, 3.8) is 0 Å². The normalized spacial score (nSPS) is 17.8. The molecule has 0 atom stereocenters. The van der Waals surface area contributed by atoms with Gasteiger partial charge in [0, 0.05) is 24.7 Å². The van der Waals surface area contributed by atoms with Gasteiger partial charge in [0.1, 0.15) is 0 Å². The number of thioether (sulfide) groups is 1. The second kappa shape index (κ2) is 5.63. The van der Waals surface area contributed by atoms with Crippen molar-refractivity contribution >= 4 is 24.2 Å². The van der Waals surface area contributed by atoms with Crippen molar-refractivity contribution in [1.29, 1.82) is 0 Å². The van der Waals surface area contributed by atoms with Crippen molar-refractivity contribution in [2.45, 2.75) is 23.2 Å². The minimum atomic E-state index is 0. The number of imidazole rings is 1. The lowest BCUT2D eigenvalue weighted by molar-refractivity contribution is 0.530. The zero-order valence-corrected chi connectivity index (χ0v) is 9.90. The number of nitrogens with zero attached hydrogens (tertiary/aromatic N) is 2. The van der Waals surface area contributed by atoms with Gasteiger partial charge in [0.25, 0.3) is 0 Å². The Labute approximate surface area is 95.1 Å². The molecule has 3 nitrogen and oxygen atoms in total. The molecule has 0 saturated carbocycles. The second-order valence-corrected chi connectivity index (χ2v) is 4.66. The Morgan fingerprint density at radius 2 is 2.21 bits per heavy atom. The maximum Gasteiger partial charge on any atom is 0.167 e. The molecule has 5 heteroatoms. The molecule has 1 fully saturated rings. The highest BCUT2D eigenvalue weighted by Gasteiger charge is 2.15. The van der Waals surface area contributed by atoms with Gasteiger partial charge in [0.05, 0.1) is 0 Å². The molecule has 0 spiro atoms. The molecule has 1 aromatic heterocycles. The molecule has 80 valence electrons. The first-order valence-electron chi connectivity index (χ1n) is 4.71. The zero-order chi connectivity index (χ0) is 9.10. The lowest BCUT2D eigenvalue weighted by Gasteiger charge is -2.21. The van der Waals surface area contributed by atoms with Crippen molar-refractivity contribution in [3.8, 4) is 0 Å². The first-order valence-corrected chi connectivity index (χ1v) is 5.59. The molecule has 1 saturated heterocycles. The van der Waals surface area contributed by atoms with Crippen molar-refractivity contribution in [1.82, 2.24) is 14.9 Å². The largest absolute Gasteiger partial charge is 0.329 e. The summed E-state index contributed by atoms with van der Waals surface area (Å²) < 4.78 is 2.09. The summed E-state index contributed by atoms with van der Waals surface area (Å²) in [7, 11) is 2.05. The van der Waals surface area contributed by atoms with Crippen LogP contribution in [-0.4, -0.2) is 27.9 Å². The van der Waals surface area contributed by atoms with Crippen LogP contribution in [-0.2, 0) is 7.05 Å². The van der Waals surface area contributed by atoms with Gasteiger partial charge in [0.2, 0.25) is 0 Å². The van der Waals surface area contributed by atoms with Crippen molar-refractivity contribution in [2.24, 2.45) is 7.05 Å². The maximum absolute atomic E-state index is 4.32. The molecule has 2 heterocycles. The summed E-state index contributed by atoms with van der Waals surface area (Å²) in [6, 6.07) is 0. The predicted molar refractivity (Wildman–Crippen MR) is 62.2 cm³/mol. The van der Waals surface area contributed by atoms with E-state index < -0.39 is 0 Å². The quantitative estimate of drug-likeness (QED) is 0.843. The standard InChI is InChI=1S/C9H15N3S.ClH/c1-12-7-6-11-9(12)13-8-2-4-10-5-3-8;/h6-8,10H,2-5H2,1H3;1H. The van der Waals surface area contributed by atoms with Crippen LogP contribution in [0.4, 0.5) is 0 Å². The van der Waals surface area contributed by atoms with Gasteiger partial charge in [-0.15, -0.1) is 12.4 Å². The summed E-state index contributed by atoms with van der Waals surface area (Å²) in [5.41, 5.74) is 0. The van der Waals surface area contributed by atoms with E-state index in [-0.39, 0.29) is 12.4 Å². The SMILES string of the molecule is Cl.Cn1ccnc1SC1CCNCC1. The van der Waals surface area contributed by atoms with Gasteiger partial charge in [0.15, 0.2) is 5.16 Å². The molecule has 0 unspecified atom stereocenters. The van der Waals surface area contributed by atoms with E-state index in [1.54, 1.807) is 0 Å². The second-order valence-electron chi connectivity index (χ2n) is 3.39. The smallest absolute Gasteiger partial charge is 0.167 e. The molecule has 1 N–H and O–H groups in total. The number of hydrogen-bond donors (Lipinski definition) is 1. The highest BCUT2D eigenvalue weighted by atomic mass is 35.5. The lowest BCUT2D eigenvalue weighted by Crippen LogP contribution is -2.29. The Balaban J connectivity index is 0.000000980. The number of halogens is 1. The first-order chi connectivity index (χ1) is 6.36. The topological polar surface area (TPSA) is 29.9 Å². The number of rotatable bonds is 2. The molecule has 2 rings (SSSR count). The predicted octanol–water partition coefficient (Wildman–Crippen LogP) is 1.69. The summed E-state index contributed by atoms with van der Waals surface area (Å²) in [6.07, 6.45) is 6.39. The van der Waals surface area contributed by atoms with Crippen LogP contribution in [0.5, 0.6) is 0 Å². The van der Waals surface area contributed by atoms with Crippen LogP contribution >= 0.6 is 24.2 Å². The molecular weight excluding hydrogens is 218 g/mol. The Hall–Kier alpha value is -0.190. The van der Waals surface area contributed by atoms with E-state index in [4.69, 9.17) is 0 Å². The van der Waals surface area contributed by atoms with Gasteiger partial charge in [-0.2, -0.15) is 0 Å². The average Bonchev–Trinajstić information content (AvgIpc) is 2.54. The van der Waals surface area contributed by atoms with Gasteiger partial charge < -0.3 is 9.88 Å². The van der Waals surface area contributed by atoms with Crippen molar-refractivity contribution < 1.29 is 0 Å². The van der Waals surface area contributed by atoms with Gasteiger partial charge in [-0.1, -0.05) is 11.8 Å². The van der Waals surface area contributed by atoms with E-state index in [1.165, 1.54) is 12.8 Å². The van der Waals surface area contributed by atoms with E-state index >= 15 is 0 Å². The molecule has 1 aromatic rings. The monoisotopic (exact) mass is 233 g/mol. The molecule has 0 aliphatic carbocycles. The molecule has 0 radical (unpaired) electrons. The van der Waals surface area contributed by atoms with Crippen LogP contribution in [0.15, 0.2) is 17.6 Å². The van der Waals surface area contributed by atoms with Crippen LogP contribution in [0.1, 0.15) is 12.8 Å². The van der Waals surface area contributed by atoms with Crippen LogP contribution in [0, 0.1) is 0 Å². The maximum atomic E-state index is 4.32. The molecular formula is C9H16ClN3S. The van der Waals surface area contributed by atoms with E-state index in [9.17, 15) is 0 Å². The zero-order valence-electron chi connectivity index (χ0n) is 8.27. The average molecular weight is 234 g/mol. The van der Waals surface area contributed by atoms with Gasteiger partial charge in [-0.25, -0.2) is 4.98 Å². The summed E-state index contributed by atoms with van der Waals surface area (Å²) in [5.74, 6) is 0. The van der Waals surface area contributed by atoms with E-state index in [1.807, 2.05) is 24.2 Å². The van der Waals surface area contributed by atoms with Crippen LogP contribution in [0.25, 0.3) is 0 Å². The molecule has 1 aliphatic rings. The Bertz CT molecular complexity index is 271. The Morgan fingerprint density at radius 3 is 2.79 bits per heavy atom. The van der Waals surface area contributed by atoms with Gasteiger partial charge >= 0.3 is 0 Å². The summed E-state index contributed by atoms with van der Waals surface area (Å²) in [4.78, 5) is 4.32. The third-order valence-electron chi connectivity index (χ3n) is 2.34. The molecule has 1 aliphatic heterocycles. The van der Waals surface area contributed by atoms with E-state index in [0.717, 1.165) is 23.5 Å². The third-order valence-corrected chi connectivity index (χ3v) is 3.74. The molecule has 14 heavy (non-hydrogen) atoms. The highest BCUT2D eigenvalue weighted by Crippen LogP contribution is 2.26. The fourth-order valence-corrected chi connectivity index (χ4v) is 2.65. The molecule has 0 aromatic carbocycles. The summed E-state index contributed by atoms with van der Waals surface area (Å²) >= 11 is 1.91. The Kier molecular flexibility index (Phi) is 4.78. The molecule has 0 bridgehead atoms. The fourth-order valence-electron chi connectivity index (χ4n) is 1.53. The summed E-state index contributed by atoms with van der Waals surface area (Å²) in [6.45, 7) is 2.31. The van der Waals surface area contributed by atoms with Crippen LogP contribution < -0.4 is 5.32 Å². The minimum Gasteiger partial charge on any atom is -0.329 e. The van der Waals surface area contributed by atoms with Crippen molar-refractivity contribution in [3.05, 3.63) is 12.4 Å². The number of aryl methyl sites for hydroxylation is 1. The van der Waals surface area contributed by atoms with Crippen LogP contribution in [0.2, 0.25) is 0 Å². The minimum absolute atomic E-state index is 0. The van der Waals surface area contributed by atoms with E-state index in [2.05, 4.69) is 21.9 Å². The highest BCUT2D eigenvalue weighted by molar-refractivity contribution is 7.99. The van der Waals surface area contributed by atoms with Gasteiger partial charge in [-0.05, 0) is 25.9 Å². The van der Waals surface area contributed by atoms with Crippen LogP contribution in [0.3, 0.4) is 0 Å². The Morgan fingerprint density at radius 1 is 1.50 bits per heavy atom. The fraction of sp³-hybridized carbons (Fsp3) is 0.667. The summed E-state index contributed by atoms with van der Waals surface area (Å²) in [5, 5.41) is 5.27. The molecule has 0 amide bonds. The number of aromatic nitrogens is 2. The third kappa shape index (κ3) is 2.90. The first kappa shape index (κ1) is 11.9. The van der Waals surface area contributed by atoms with Gasteiger partial charge in [-0.3, -0.25) is 0 Å². The van der Waals surface area contributed by atoms with Crippen molar-refractivity contribution in [2.75, 3.05) is 13.1 Å². The number of hydrogen-bond acceptors (Lipinski definition) is 3. The van der Waals surface area contributed by atoms with E-state index in [0.29, 0.717) is 0 Å².